The summed E-state index contributed by atoms with van der Waals surface area (Å²) >= 11 is 0. The predicted octanol–water partition coefficient (Wildman–Crippen LogP) is 25.1. The lowest BCUT2D eigenvalue weighted by Gasteiger charge is -2.18. The van der Waals surface area contributed by atoms with Crippen molar-refractivity contribution in [3.8, 4) is 0 Å². The minimum Gasteiger partial charge on any atom is -0.462 e. The molecular weight excluding hydrogens is 997 g/mol. The number of carbonyl (C=O) groups excluding carboxylic acids is 3. The second-order valence-electron chi connectivity index (χ2n) is 24.9. The van der Waals surface area contributed by atoms with Crippen LogP contribution in [0.3, 0.4) is 0 Å². The van der Waals surface area contributed by atoms with Crippen molar-refractivity contribution in [2.75, 3.05) is 13.2 Å². The van der Waals surface area contributed by atoms with Gasteiger partial charge in [-0.2, -0.15) is 0 Å². The van der Waals surface area contributed by atoms with Crippen molar-refractivity contribution in [3.05, 3.63) is 36.5 Å². The lowest BCUT2D eigenvalue weighted by Crippen LogP contribution is -2.30. The zero-order chi connectivity index (χ0) is 58.5. The lowest BCUT2D eigenvalue weighted by molar-refractivity contribution is -0.167. The fourth-order valence-corrected chi connectivity index (χ4v) is 11.1. The molecule has 0 amide bonds. The van der Waals surface area contributed by atoms with Crippen LogP contribution in [0.4, 0.5) is 0 Å². The molecule has 476 valence electrons. The number of ether oxygens (including phenoxy) is 3. The van der Waals surface area contributed by atoms with Gasteiger partial charge >= 0.3 is 17.9 Å². The maximum Gasteiger partial charge on any atom is 0.306 e. The summed E-state index contributed by atoms with van der Waals surface area (Å²) in [5.41, 5.74) is 0. The van der Waals surface area contributed by atoms with Crippen LogP contribution in [-0.4, -0.2) is 37.2 Å². The van der Waals surface area contributed by atoms with Gasteiger partial charge in [-0.05, 0) is 77.0 Å². The molecule has 0 bridgehead atoms. The van der Waals surface area contributed by atoms with Gasteiger partial charge in [-0.1, -0.05) is 346 Å². The molecule has 0 spiro atoms. The molecule has 0 saturated carbocycles. The Morgan fingerprint density at radius 1 is 0.247 bits per heavy atom. The van der Waals surface area contributed by atoms with Gasteiger partial charge in [-0.25, -0.2) is 0 Å². The number of rotatable bonds is 68. The van der Waals surface area contributed by atoms with Crippen LogP contribution in [0.25, 0.3) is 0 Å². The summed E-state index contributed by atoms with van der Waals surface area (Å²) in [7, 11) is 0. The Morgan fingerprint density at radius 3 is 0.704 bits per heavy atom. The van der Waals surface area contributed by atoms with Gasteiger partial charge in [0.1, 0.15) is 13.2 Å². The highest BCUT2D eigenvalue weighted by molar-refractivity contribution is 5.71. The predicted molar refractivity (Wildman–Crippen MR) is 353 cm³/mol. The van der Waals surface area contributed by atoms with Crippen molar-refractivity contribution in [3.63, 3.8) is 0 Å². The third kappa shape index (κ3) is 68.3. The summed E-state index contributed by atoms with van der Waals surface area (Å²) in [6.45, 7) is 6.68. The van der Waals surface area contributed by atoms with Gasteiger partial charge < -0.3 is 14.2 Å². The number of allylic oxidation sites excluding steroid dienone is 6. The number of esters is 3. The molecule has 0 aromatic heterocycles. The summed E-state index contributed by atoms with van der Waals surface area (Å²) in [4.78, 5) is 38.4. The van der Waals surface area contributed by atoms with Crippen LogP contribution in [0.15, 0.2) is 36.5 Å². The SMILES string of the molecule is CCCCCC/C=C\C/C=C\CCCCCCCCCC(=O)OC(COC(=O)CCCCCCCCCCCCCC)COC(=O)CCCCCCCCCCCCCCCCCCCCCCC/C=C\CCCCCCCCCC. The fourth-order valence-electron chi connectivity index (χ4n) is 11.1. The first-order chi connectivity index (χ1) is 40.0. The van der Waals surface area contributed by atoms with E-state index < -0.39 is 6.10 Å². The van der Waals surface area contributed by atoms with Gasteiger partial charge in [-0.15, -0.1) is 0 Å². The van der Waals surface area contributed by atoms with Crippen molar-refractivity contribution >= 4 is 17.9 Å². The maximum atomic E-state index is 12.9. The number of hydrogen-bond acceptors (Lipinski definition) is 6. The zero-order valence-electron chi connectivity index (χ0n) is 54.8. The normalized spacial score (nSPS) is 12.2. The van der Waals surface area contributed by atoms with E-state index in [0.29, 0.717) is 19.3 Å². The summed E-state index contributed by atoms with van der Waals surface area (Å²) < 4.78 is 17.0. The molecule has 0 radical (unpaired) electrons. The van der Waals surface area contributed by atoms with Gasteiger partial charge in [0, 0.05) is 19.3 Å². The van der Waals surface area contributed by atoms with Gasteiger partial charge in [-0.3, -0.25) is 14.4 Å². The number of unbranched alkanes of at least 4 members (excludes halogenated alkanes) is 51. The monoisotopic (exact) mass is 1140 g/mol. The van der Waals surface area contributed by atoms with E-state index in [1.807, 2.05) is 0 Å². The first-order valence-corrected chi connectivity index (χ1v) is 36.5. The largest absolute Gasteiger partial charge is 0.462 e. The van der Waals surface area contributed by atoms with Crippen LogP contribution in [0.5, 0.6) is 0 Å². The van der Waals surface area contributed by atoms with E-state index in [4.69, 9.17) is 14.2 Å². The zero-order valence-corrected chi connectivity index (χ0v) is 54.8. The first-order valence-electron chi connectivity index (χ1n) is 36.5. The van der Waals surface area contributed by atoms with Crippen LogP contribution < -0.4 is 0 Å². The van der Waals surface area contributed by atoms with Gasteiger partial charge in [0.25, 0.3) is 0 Å². The average Bonchev–Trinajstić information content (AvgIpc) is 3.47. The number of hydrogen-bond donors (Lipinski definition) is 0. The van der Waals surface area contributed by atoms with Crippen molar-refractivity contribution in [1.29, 1.82) is 0 Å². The molecule has 0 aliphatic heterocycles. The molecule has 6 nitrogen and oxygen atoms in total. The third-order valence-electron chi connectivity index (χ3n) is 16.6. The quantitative estimate of drug-likeness (QED) is 0.0261. The summed E-state index contributed by atoms with van der Waals surface area (Å²) in [6.07, 6.45) is 87.7. The van der Waals surface area contributed by atoms with Gasteiger partial charge in [0.2, 0.25) is 0 Å². The number of carbonyl (C=O) groups is 3. The highest BCUT2D eigenvalue weighted by Gasteiger charge is 2.19. The van der Waals surface area contributed by atoms with E-state index in [9.17, 15) is 14.4 Å². The van der Waals surface area contributed by atoms with Crippen LogP contribution in [0.1, 0.15) is 406 Å². The molecule has 0 aliphatic rings. The molecule has 0 heterocycles. The highest BCUT2D eigenvalue weighted by Crippen LogP contribution is 2.19. The van der Waals surface area contributed by atoms with Crippen LogP contribution in [0.2, 0.25) is 0 Å². The summed E-state index contributed by atoms with van der Waals surface area (Å²) in [6, 6.07) is 0. The van der Waals surface area contributed by atoms with Gasteiger partial charge in [0.15, 0.2) is 6.10 Å². The Balaban J connectivity index is 4.09. The van der Waals surface area contributed by atoms with Crippen molar-refractivity contribution < 1.29 is 28.6 Å². The first kappa shape index (κ1) is 78.6. The van der Waals surface area contributed by atoms with E-state index in [2.05, 4.69) is 57.2 Å². The van der Waals surface area contributed by atoms with Crippen molar-refractivity contribution in [2.24, 2.45) is 0 Å². The van der Waals surface area contributed by atoms with Crippen molar-refractivity contribution in [2.45, 2.75) is 412 Å². The fraction of sp³-hybridized carbons (Fsp3) is 0.880. The maximum absolute atomic E-state index is 12.9. The van der Waals surface area contributed by atoms with Crippen LogP contribution in [0, 0.1) is 0 Å². The summed E-state index contributed by atoms with van der Waals surface area (Å²) in [5, 5.41) is 0. The minimum atomic E-state index is -0.773. The summed E-state index contributed by atoms with van der Waals surface area (Å²) in [5.74, 6) is -0.849. The smallest absolute Gasteiger partial charge is 0.306 e. The molecule has 0 aromatic carbocycles. The Morgan fingerprint density at radius 2 is 0.444 bits per heavy atom. The topological polar surface area (TPSA) is 78.9 Å². The Kier molecular flexibility index (Phi) is 68.1. The molecular formula is C75H140O6. The second kappa shape index (κ2) is 70.1. The molecule has 0 N–H and O–H groups in total. The van der Waals surface area contributed by atoms with E-state index in [-0.39, 0.29) is 31.1 Å². The molecule has 0 saturated heterocycles. The molecule has 81 heavy (non-hydrogen) atoms. The molecule has 1 atom stereocenters. The second-order valence-corrected chi connectivity index (χ2v) is 24.9. The highest BCUT2D eigenvalue weighted by atomic mass is 16.6. The Hall–Kier alpha value is -2.37. The van der Waals surface area contributed by atoms with E-state index >= 15 is 0 Å². The standard InChI is InChI=1S/C75H140O6/c1-4-7-10-13-16-19-22-25-27-29-31-32-33-34-35-36-37-38-39-40-41-42-43-44-45-47-48-50-53-56-59-62-65-68-74(77)80-71-72(70-79-73(76)67-64-61-58-55-52-24-21-18-15-12-9-6-3)81-75(78)69-66-63-60-57-54-51-49-46-30-28-26-23-20-17-14-11-8-5-2/h20,23,28-31,72H,4-19,21-22,24-27,32-71H2,1-3H3/b23-20-,30-28-,31-29-. The van der Waals surface area contributed by atoms with E-state index in [1.165, 1.54) is 295 Å². The van der Waals surface area contributed by atoms with Crippen LogP contribution >= 0.6 is 0 Å². The molecule has 0 aromatic rings. The molecule has 0 rings (SSSR count). The third-order valence-corrected chi connectivity index (χ3v) is 16.6. The molecule has 0 aliphatic carbocycles. The lowest BCUT2D eigenvalue weighted by atomic mass is 10.0. The van der Waals surface area contributed by atoms with E-state index in [0.717, 1.165) is 70.6 Å². The molecule has 6 heteroatoms. The van der Waals surface area contributed by atoms with Gasteiger partial charge in [0.05, 0.1) is 0 Å². The minimum absolute atomic E-state index is 0.0697. The van der Waals surface area contributed by atoms with Crippen LogP contribution in [-0.2, 0) is 28.6 Å². The van der Waals surface area contributed by atoms with Crippen molar-refractivity contribution in [1.82, 2.24) is 0 Å². The Bertz CT molecular complexity index is 1350. The molecule has 0 fully saturated rings. The molecule has 1 unspecified atom stereocenters. The van der Waals surface area contributed by atoms with E-state index in [1.54, 1.807) is 0 Å². The Labute approximate surface area is 506 Å². The average molecular weight is 1140 g/mol.